The second-order valence-electron chi connectivity index (χ2n) is 5.08. The molecule has 4 nitrogen and oxygen atoms in total. The average molecular weight is 339 g/mol. The zero-order valence-electron chi connectivity index (χ0n) is 12.2. The van der Waals surface area contributed by atoms with Gasteiger partial charge in [-0.3, -0.25) is 9.69 Å². The van der Waals surface area contributed by atoms with Crippen LogP contribution in [-0.2, 0) is 13.1 Å². The SMILES string of the molecule is NC(=O)c1csc(CN(CCCO)Cc2cccc(Cl)c2)c1. The number of rotatable bonds is 8. The van der Waals surface area contributed by atoms with Gasteiger partial charge in [0.2, 0.25) is 5.91 Å². The highest BCUT2D eigenvalue weighted by molar-refractivity contribution is 7.10. The number of carbonyl (C=O) groups is 1. The largest absolute Gasteiger partial charge is 0.396 e. The normalized spacial score (nSPS) is 11.0. The molecule has 0 spiro atoms. The molecule has 2 aromatic rings. The summed E-state index contributed by atoms with van der Waals surface area (Å²) >= 11 is 7.55. The first-order valence-corrected chi connectivity index (χ1v) is 8.29. The van der Waals surface area contributed by atoms with Gasteiger partial charge in [-0.25, -0.2) is 0 Å². The van der Waals surface area contributed by atoms with Gasteiger partial charge in [0.1, 0.15) is 0 Å². The van der Waals surface area contributed by atoms with Gasteiger partial charge in [0.05, 0.1) is 5.56 Å². The number of carbonyl (C=O) groups excluding carboxylic acids is 1. The van der Waals surface area contributed by atoms with Gasteiger partial charge < -0.3 is 10.8 Å². The molecule has 0 saturated heterocycles. The van der Waals surface area contributed by atoms with Crippen LogP contribution in [0.2, 0.25) is 5.02 Å². The Morgan fingerprint density at radius 1 is 1.32 bits per heavy atom. The van der Waals surface area contributed by atoms with Crippen LogP contribution in [0, 0.1) is 0 Å². The van der Waals surface area contributed by atoms with Crippen molar-refractivity contribution in [1.29, 1.82) is 0 Å². The van der Waals surface area contributed by atoms with E-state index in [2.05, 4.69) is 4.90 Å². The van der Waals surface area contributed by atoms with Gasteiger partial charge in [0, 0.05) is 41.5 Å². The highest BCUT2D eigenvalue weighted by Crippen LogP contribution is 2.19. The third-order valence-electron chi connectivity index (χ3n) is 3.25. The molecule has 0 aliphatic carbocycles. The minimum Gasteiger partial charge on any atom is -0.396 e. The molecule has 3 N–H and O–H groups in total. The van der Waals surface area contributed by atoms with Crippen LogP contribution in [0.1, 0.15) is 27.2 Å². The number of hydrogen-bond donors (Lipinski definition) is 2. The summed E-state index contributed by atoms with van der Waals surface area (Å²) in [5, 5.41) is 11.6. The molecule has 0 aliphatic rings. The molecule has 0 atom stereocenters. The summed E-state index contributed by atoms with van der Waals surface area (Å²) in [7, 11) is 0. The van der Waals surface area contributed by atoms with E-state index in [9.17, 15) is 4.79 Å². The van der Waals surface area contributed by atoms with Crippen LogP contribution < -0.4 is 5.73 Å². The molecule has 0 fully saturated rings. The molecule has 0 saturated carbocycles. The van der Waals surface area contributed by atoms with E-state index in [4.69, 9.17) is 22.4 Å². The highest BCUT2D eigenvalue weighted by Gasteiger charge is 2.11. The summed E-state index contributed by atoms with van der Waals surface area (Å²) in [6.45, 7) is 2.38. The van der Waals surface area contributed by atoms with Crippen molar-refractivity contribution < 1.29 is 9.90 Å². The van der Waals surface area contributed by atoms with Crippen molar-refractivity contribution in [2.75, 3.05) is 13.2 Å². The molecular formula is C16H19ClN2O2S. The van der Waals surface area contributed by atoms with Crippen LogP contribution >= 0.6 is 22.9 Å². The van der Waals surface area contributed by atoms with Gasteiger partial charge in [-0.1, -0.05) is 23.7 Å². The molecule has 0 aliphatic heterocycles. The lowest BCUT2D eigenvalue weighted by molar-refractivity contribution is 0.100. The number of hydrogen-bond acceptors (Lipinski definition) is 4. The molecule has 22 heavy (non-hydrogen) atoms. The molecule has 2 rings (SSSR count). The lowest BCUT2D eigenvalue weighted by Crippen LogP contribution is -2.24. The summed E-state index contributed by atoms with van der Waals surface area (Å²) in [5.74, 6) is -0.403. The molecule has 0 radical (unpaired) electrons. The number of amides is 1. The quantitative estimate of drug-likeness (QED) is 0.777. The number of primary amides is 1. The number of aliphatic hydroxyl groups excluding tert-OH is 1. The van der Waals surface area contributed by atoms with Crippen LogP contribution in [0.25, 0.3) is 0 Å². The Morgan fingerprint density at radius 2 is 2.14 bits per heavy atom. The summed E-state index contributed by atoms with van der Waals surface area (Å²) in [4.78, 5) is 14.5. The maximum absolute atomic E-state index is 11.2. The molecule has 1 amide bonds. The van der Waals surface area contributed by atoms with Gasteiger partial charge in [-0.15, -0.1) is 11.3 Å². The summed E-state index contributed by atoms with van der Waals surface area (Å²) in [6.07, 6.45) is 0.703. The maximum Gasteiger partial charge on any atom is 0.249 e. The molecular weight excluding hydrogens is 320 g/mol. The fraction of sp³-hybridized carbons (Fsp3) is 0.312. The molecule has 1 aromatic carbocycles. The summed E-state index contributed by atoms with van der Waals surface area (Å²) in [5.41, 5.74) is 6.95. The Balaban J connectivity index is 2.06. The van der Waals surface area contributed by atoms with E-state index >= 15 is 0 Å². The lowest BCUT2D eigenvalue weighted by atomic mass is 10.2. The highest BCUT2D eigenvalue weighted by atomic mass is 35.5. The first-order chi connectivity index (χ1) is 10.6. The fourth-order valence-corrected chi connectivity index (χ4v) is 3.34. The molecule has 6 heteroatoms. The van der Waals surface area contributed by atoms with Crippen molar-refractivity contribution in [2.45, 2.75) is 19.5 Å². The third-order valence-corrected chi connectivity index (χ3v) is 4.40. The Kier molecular flexibility index (Phi) is 6.39. The van der Waals surface area contributed by atoms with E-state index in [1.165, 1.54) is 11.3 Å². The third kappa shape index (κ3) is 5.10. The van der Waals surface area contributed by atoms with Crippen LogP contribution in [0.4, 0.5) is 0 Å². The van der Waals surface area contributed by atoms with Gasteiger partial charge in [-0.2, -0.15) is 0 Å². The van der Waals surface area contributed by atoms with E-state index < -0.39 is 5.91 Å². The van der Waals surface area contributed by atoms with E-state index in [-0.39, 0.29) is 6.61 Å². The fourth-order valence-electron chi connectivity index (χ4n) is 2.22. The predicted molar refractivity (Wildman–Crippen MR) is 90.1 cm³/mol. The molecule has 118 valence electrons. The van der Waals surface area contributed by atoms with Crippen LogP contribution in [-0.4, -0.2) is 29.1 Å². The number of halogens is 1. The topological polar surface area (TPSA) is 66.6 Å². The number of nitrogens with two attached hydrogens (primary N) is 1. The van der Waals surface area contributed by atoms with E-state index in [0.29, 0.717) is 23.6 Å². The van der Waals surface area contributed by atoms with Gasteiger partial charge in [0.25, 0.3) is 0 Å². The minimum absolute atomic E-state index is 0.156. The Bertz CT molecular complexity index is 630. The Morgan fingerprint density at radius 3 is 2.77 bits per heavy atom. The van der Waals surface area contributed by atoms with Crippen molar-refractivity contribution >= 4 is 28.8 Å². The Hall–Kier alpha value is -1.40. The predicted octanol–water partition coefficient (Wildman–Crippen LogP) is 2.89. The zero-order chi connectivity index (χ0) is 15.9. The minimum atomic E-state index is -0.403. The van der Waals surface area contributed by atoms with Crippen molar-refractivity contribution in [3.8, 4) is 0 Å². The average Bonchev–Trinajstić information content (AvgIpc) is 2.93. The number of thiophene rings is 1. The van der Waals surface area contributed by atoms with Crippen molar-refractivity contribution in [3.63, 3.8) is 0 Å². The van der Waals surface area contributed by atoms with E-state index in [1.54, 1.807) is 5.38 Å². The zero-order valence-corrected chi connectivity index (χ0v) is 13.7. The van der Waals surface area contributed by atoms with Crippen LogP contribution in [0.3, 0.4) is 0 Å². The first kappa shape index (κ1) is 17.0. The van der Waals surface area contributed by atoms with Crippen molar-refractivity contribution in [3.05, 3.63) is 56.7 Å². The smallest absolute Gasteiger partial charge is 0.249 e. The number of nitrogens with zero attached hydrogens (tertiary/aromatic N) is 1. The lowest BCUT2D eigenvalue weighted by Gasteiger charge is -2.21. The van der Waals surface area contributed by atoms with Crippen molar-refractivity contribution in [1.82, 2.24) is 4.90 Å². The molecule has 1 aromatic heterocycles. The number of aliphatic hydroxyl groups is 1. The molecule has 0 unspecified atom stereocenters. The van der Waals surface area contributed by atoms with Gasteiger partial charge in [0.15, 0.2) is 0 Å². The van der Waals surface area contributed by atoms with Gasteiger partial charge >= 0.3 is 0 Å². The molecule has 1 heterocycles. The van der Waals surface area contributed by atoms with Gasteiger partial charge in [-0.05, 0) is 30.2 Å². The maximum atomic E-state index is 11.2. The van der Waals surface area contributed by atoms with E-state index in [1.807, 2.05) is 30.3 Å². The second-order valence-corrected chi connectivity index (χ2v) is 6.52. The number of benzene rings is 1. The van der Waals surface area contributed by atoms with Crippen LogP contribution in [0.15, 0.2) is 35.7 Å². The summed E-state index contributed by atoms with van der Waals surface area (Å²) in [6, 6.07) is 9.58. The first-order valence-electron chi connectivity index (χ1n) is 7.03. The summed E-state index contributed by atoms with van der Waals surface area (Å²) < 4.78 is 0. The standard InChI is InChI=1S/C16H19ClN2O2S/c17-14-4-1-3-12(7-14)9-19(5-2-6-20)10-15-8-13(11-22-15)16(18)21/h1,3-4,7-8,11,20H,2,5-6,9-10H2,(H2,18,21). The van der Waals surface area contributed by atoms with E-state index in [0.717, 1.165) is 23.5 Å². The van der Waals surface area contributed by atoms with Crippen LogP contribution in [0.5, 0.6) is 0 Å². The second kappa shape index (κ2) is 8.29. The molecule has 0 bridgehead atoms. The Labute approximate surface area is 139 Å². The monoisotopic (exact) mass is 338 g/mol. The van der Waals surface area contributed by atoms with Crippen molar-refractivity contribution in [2.24, 2.45) is 5.73 Å².